The van der Waals surface area contributed by atoms with Crippen LogP contribution in [0.5, 0.6) is 0 Å². The number of rotatable bonds is 3. The van der Waals surface area contributed by atoms with Crippen molar-refractivity contribution in [3.63, 3.8) is 0 Å². The second-order valence-electron chi connectivity index (χ2n) is 4.13. The average molecular weight is 285 g/mol. The van der Waals surface area contributed by atoms with Crippen LogP contribution in [0.4, 0.5) is 5.13 Å². The second kappa shape index (κ2) is 5.26. The Morgan fingerprint density at radius 3 is 2.90 bits per heavy atom. The number of nitrogens with one attached hydrogen (secondary N) is 1. The Kier molecular flexibility index (Phi) is 3.30. The van der Waals surface area contributed by atoms with Crippen LogP contribution in [0.2, 0.25) is 0 Å². The first kappa shape index (κ1) is 12.6. The van der Waals surface area contributed by atoms with Gasteiger partial charge in [0.2, 0.25) is 0 Å². The zero-order valence-electron chi connectivity index (χ0n) is 10.7. The molecule has 100 valence electrons. The SMILES string of the molecule is Cc1cccc(C(=O)Nc2nc(-c3ccco3)cs2)n1. The highest BCUT2D eigenvalue weighted by Crippen LogP contribution is 2.25. The minimum atomic E-state index is -0.269. The molecular weight excluding hydrogens is 274 g/mol. The van der Waals surface area contributed by atoms with Crippen molar-refractivity contribution in [3.05, 3.63) is 53.4 Å². The number of aromatic nitrogens is 2. The van der Waals surface area contributed by atoms with Gasteiger partial charge < -0.3 is 4.42 Å². The molecule has 0 aromatic carbocycles. The Labute approximate surface area is 119 Å². The van der Waals surface area contributed by atoms with E-state index in [0.29, 0.717) is 22.3 Å². The van der Waals surface area contributed by atoms with Gasteiger partial charge in [-0.05, 0) is 31.2 Å². The lowest BCUT2D eigenvalue weighted by atomic mass is 10.3. The molecule has 3 rings (SSSR count). The van der Waals surface area contributed by atoms with Gasteiger partial charge in [-0.25, -0.2) is 9.97 Å². The van der Waals surface area contributed by atoms with Gasteiger partial charge in [0.1, 0.15) is 11.4 Å². The molecule has 20 heavy (non-hydrogen) atoms. The zero-order chi connectivity index (χ0) is 13.9. The van der Waals surface area contributed by atoms with Crippen molar-refractivity contribution in [1.29, 1.82) is 0 Å². The fourth-order valence-corrected chi connectivity index (χ4v) is 2.39. The lowest BCUT2D eigenvalue weighted by Crippen LogP contribution is -2.13. The van der Waals surface area contributed by atoms with Gasteiger partial charge in [-0.3, -0.25) is 10.1 Å². The van der Waals surface area contributed by atoms with Crippen LogP contribution in [0.15, 0.2) is 46.4 Å². The van der Waals surface area contributed by atoms with Gasteiger partial charge in [0.25, 0.3) is 5.91 Å². The number of amides is 1. The van der Waals surface area contributed by atoms with Gasteiger partial charge in [0.05, 0.1) is 6.26 Å². The Balaban J connectivity index is 1.77. The summed E-state index contributed by atoms with van der Waals surface area (Å²) in [6.45, 7) is 1.84. The molecule has 3 heterocycles. The van der Waals surface area contributed by atoms with E-state index in [9.17, 15) is 4.79 Å². The Hall–Kier alpha value is -2.47. The van der Waals surface area contributed by atoms with Crippen molar-refractivity contribution in [2.75, 3.05) is 5.32 Å². The van der Waals surface area contributed by atoms with E-state index < -0.39 is 0 Å². The molecule has 1 amide bonds. The molecular formula is C14H11N3O2S. The van der Waals surface area contributed by atoms with Gasteiger partial charge in [-0.15, -0.1) is 11.3 Å². The lowest BCUT2D eigenvalue weighted by molar-refractivity contribution is 0.102. The van der Waals surface area contributed by atoms with Crippen LogP contribution in [0.25, 0.3) is 11.5 Å². The third-order valence-electron chi connectivity index (χ3n) is 2.62. The van der Waals surface area contributed by atoms with Crippen LogP contribution in [-0.4, -0.2) is 15.9 Å². The number of anilines is 1. The minimum Gasteiger partial charge on any atom is -0.463 e. The Morgan fingerprint density at radius 2 is 2.15 bits per heavy atom. The molecule has 3 aromatic heterocycles. The molecule has 0 spiro atoms. The highest BCUT2D eigenvalue weighted by Gasteiger charge is 2.12. The maximum Gasteiger partial charge on any atom is 0.276 e. The summed E-state index contributed by atoms with van der Waals surface area (Å²) >= 11 is 1.34. The van der Waals surface area contributed by atoms with E-state index in [0.717, 1.165) is 5.69 Å². The standard InChI is InChI=1S/C14H11N3O2S/c1-9-4-2-5-10(15-9)13(18)17-14-16-11(8-20-14)12-6-3-7-19-12/h2-8H,1H3,(H,16,17,18). The lowest BCUT2D eigenvalue weighted by Gasteiger charge is -2.01. The summed E-state index contributed by atoms with van der Waals surface area (Å²) < 4.78 is 5.26. The van der Waals surface area contributed by atoms with E-state index in [1.165, 1.54) is 11.3 Å². The summed E-state index contributed by atoms with van der Waals surface area (Å²) in [5.41, 5.74) is 1.88. The van der Waals surface area contributed by atoms with Crippen molar-refractivity contribution >= 4 is 22.4 Å². The molecule has 6 heteroatoms. The zero-order valence-corrected chi connectivity index (χ0v) is 11.5. The normalized spacial score (nSPS) is 10.4. The summed E-state index contributed by atoms with van der Waals surface area (Å²) in [4.78, 5) is 20.5. The van der Waals surface area contributed by atoms with Crippen molar-refractivity contribution in [1.82, 2.24) is 9.97 Å². The van der Waals surface area contributed by atoms with Crippen LogP contribution in [0.3, 0.4) is 0 Å². The maximum atomic E-state index is 12.0. The third kappa shape index (κ3) is 2.60. The van der Waals surface area contributed by atoms with E-state index in [2.05, 4.69) is 15.3 Å². The topological polar surface area (TPSA) is 68.0 Å². The molecule has 5 nitrogen and oxygen atoms in total. The Bertz CT molecular complexity index is 734. The van der Waals surface area contributed by atoms with Gasteiger partial charge >= 0.3 is 0 Å². The quantitative estimate of drug-likeness (QED) is 0.801. The number of furan rings is 1. The maximum absolute atomic E-state index is 12.0. The molecule has 3 aromatic rings. The van der Waals surface area contributed by atoms with Gasteiger partial charge in [-0.1, -0.05) is 6.07 Å². The molecule has 0 saturated heterocycles. The van der Waals surface area contributed by atoms with Gasteiger partial charge in [-0.2, -0.15) is 0 Å². The molecule has 0 aliphatic rings. The molecule has 0 saturated carbocycles. The van der Waals surface area contributed by atoms with E-state index >= 15 is 0 Å². The fourth-order valence-electron chi connectivity index (χ4n) is 1.70. The van der Waals surface area contributed by atoms with Crippen LogP contribution >= 0.6 is 11.3 Å². The number of aryl methyl sites for hydroxylation is 1. The van der Waals surface area contributed by atoms with Crippen molar-refractivity contribution in [2.45, 2.75) is 6.92 Å². The van der Waals surface area contributed by atoms with E-state index in [1.54, 1.807) is 24.5 Å². The first-order valence-corrected chi connectivity index (χ1v) is 6.85. The predicted molar refractivity (Wildman–Crippen MR) is 76.7 cm³/mol. The highest BCUT2D eigenvalue weighted by atomic mass is 32.1. The van der Waals surface area contributed by atoms with Crippen molar-refractivity contribution in [2.24, 2.45) is 0 Å². The summed E-state index contributed by atoms with van der Waals surface area (Å²) in [6, 6.07) is 8.93. The van der Waals surface area contributed by atoms with E-state index in [-0.39, 0.29) is 5.91 Å². The predicted octanol–water partition coefficient (Wildman–Crippen LogP) is 3.36. The highest BCUT2D eigenvalue weighted by molar-refractivity contribution is 7.14. The number of pyridine rings is 1. The molecule has 0 bridgehead atoms. The Morgan fingerprint density at radius 1 is 1.25 bits per heavy atom. The summed E-state index contributed by atoms with van der Waals surface area (Å²) in [5.74, 6) is 0.407. The average Bonchev–Trinajstić information content (AvgIpc) is 3.08. The van der Waals surface area contributed by atoms with Crippen molar-refractivity contribution in [3.8, 4) is 11.5 Å². The third-order valence-corrected chi connectivity index (χ3v) is 3.38. The molecule has 0 aliphatic heterocycles. The van der Waals surface area contributed by atoms with Gasteiger partial charge in [0, 0.05) is 11.1 Å². The van der Waals surface area contributed by atoms with Crippen molar-refractivity contribution < 1.29 is 9.21 Å². The number of hydrogen-bond donors (Lipinski definition) is 1. The first-order chi connectivity index (χ1) is 9.72. The second-order valence-corrected chi connectivity index (χ2v) is 4.99. The summed E-state index contributed by atoms with van der Waals surface area (Å²) in [5, 5.41) is 5.08. The number of hydrogen-bond acceptors (Lipinski definition) is 5. The van der Waals surface area contributed by atoms with Crippen LogP contribution in [0.1, 0.15) is 16.2 Å². The number of carbonyl (C=O) groups excluding carboxylic acids is 1. The molecule has 1 N–H and O–H groups in total. The summed E-state index contributed by atoms with van der Waals surface area (Å²) in [7, 11) is 0. The molecule has 0 fully saturated rings. The van der Waals surface area contributed by atoms with E-state index in [1.807, 2.05) is 24.4 Å². The molecule has 0 unspecified atom stereocenters. The van der Waals surface area contributed by atoms with E-state index in [4.69, 9.17) is 4.42 Å². The first-order valence-electron chi connectivity index (χ1n) is 5.97. The van der Waals surface area contributed by atoms with Crippen LogP contribution in [-0.2, 0) is 0 Å². The number of carbonyl (C=O) groups is 1. The molecule has 0 aliphatic carbocycles. The van der Waals surface area contributed by atoms with Crippen LogP contribution < -0.4 is 5.32 Å². The number of thiazole rings is 1. The van der Waals surface area contributed by atoms with Crippen LogP contribution in [0, 0.1) is 6.92 Å². The molecule has 0 atom stereocenters. The largest absolute Gasteiger partial charge is 0.463 e. The molecule has 0 radical (unpaired) electrons. The monoisotopic (exact) mass is 285 g/mol. The van der Waals surface area contributed by atoms with Gasteiger partial charge in [0.15, 0.2) is 10.9 Å². The summed E-state index contributed by atoms with van der Waals surface area (Å²) in [6.07, 6.45) is 1.59. The fraction of sp³-hybridized carbons (Fsp3) is 0.0714. The minimum absolute atomic E-state index is 0.269. The smallest absolute Gasteiger partial charge is 0.276 e. The number of nitrogens with zero attached hydrogens (tertiary/aromatic N) is 2.